The largest absolute Gasteiger partial charge is 0.354 e. The molecule has 0 saturated carbocycles. The molecule has 0 atom stereocenters. The van der Waals surface area contributed by atoms with E-state index in [1.165, 1.54) is 12.1 Å². The second kappa shape index (κ2) is 6.06. The van der Waals surface area contributed by atoms with Crippen LogP contribution in [0.5, 0.6) is 0 Å². The fourth-order valence-electron chi connectivity index (χ4n) is 2.11. The molecular weight excluding hydrogens is 336 g/mol. The SMILES string of the molecule is Cc1noc(-c2cccc(Cl)c2)c1NS(=O)(=O)c1ccccc1. The zero-order valence-corrected chi connectivity index (χ0v) is 13.7. The Bertz CT molecular complexity index is 937. The highest BCUT2D eigenvalue weighted by molar-refractivity contribution is 7.92. The minimum absolute atomic E-state index is 0.164. The quantitative estimate of drug-likeness (QED) is 0.770. The lowest BCUT2D eigenvalue weighted by Gasteiger charge is -2.08. The number of hydrogen-bond acceptors (Lipinski definition) is 4. The Morgan fingerprint density at radius 3 is 2.52 bits per heavy atom. The van der Waals surface area contributed by atoms with E-state index in [1.54, 1.807) is 49.4 Å². The molecule has 0 aliphatic carbocycles. The molecule has 0 bridgehead atoms. The van der Waals surface area contributed by atoms with Gasteiger partial charge in [0.05, 0.1) is 4.90 Å². The van der Waals surface area contributed by atoms with Crippen molar-refractivity contribution in [2.75, 3.05) is 4.72 Å². The van der Waals surface area contributed by atoms with E-state index < -0.39 is 10.0 Å². The van der Waals surface area contributed by atoms with Crippen molar-refractivity contribution in [3.8, 4) is 11.3 Å². The molecule has 0 spiro atoms. The van der Waals surface area contributed by atoms with Crippen LogP contribution in [0.3, 0.4) is 0 Å². The molecule has 0 aliphatic heterocycles. The summed E-state index contributed by atoms with van der Waals surface area (Å²) < 4.78 is 32.8. The van der Waals surface area contributed by atoms with Gasteiger partial charge in [0.15, 0.2) is 5.76 Å². The van der Waals surface area contributed by atoms with Crippen molar-refractivity contribution in [1.82, 2.24) is 5.16 Å². The summed E-state index contributed by atoms with van der Waals surface area (Å²) in [6.07, 6.45) is 0. The number of sulfonamides is 1. The summed E-state index contributed by atoms with van der Waals surface area (Å²) in [6.45, 7) is 1.67. The first-order chi connectivity index (χ1) is 11.0. The monoisotopic (exact) mass is 348 g/mol. The van der Waals surface area contributed by atoms with E-state index in [-0.39, 0.29) is 4.90 Å². The topological polar surface area (TPSA) is 72.2 Å². The van der Waals surface area contributed by atoms with Gasteiger partial charge in [0.2, 0.25) is 0 Å². The third kappa shape index (κ3) is 3.23. The van der Waals surface area contributed by atoms with Crippen molar-refractivity contribution in [1.29, 1.82) is 0 Å². The maximum absolute atomic E-state index is 12.5. The van der Waals surface area contributed by atoms with Gasteiger partial charge >= 0.3 is 0 Å². The molecule has 0 aliphatic rings. The van der Waals surface area contributed by atoms with Gasteiger partial charge in [0.25, 0.3) is 10.0 Å². The Morgan fingerprint density at radius 2 is 1.83 bits per heavy atom. The van der Waals surface area contributed by atoms with Crippen molar-refractivity contribution < 1.29 is 12.9 Å². The first-order valence-corrected chi connectivity index (χ1v) is 8.63. The zero-order chi connectivity index (χ0) is 16.4. The maximum Gasteiger partial charge on any atom is 0.262 e. The normalized spacial score (nSPS) is 11.4. The number of anilines is 1. The Balaban J connectivity index is 2.03. The molecule has 7 heteroatoms. The number of aromatic nitrogens is 1. The smallest absolute Gasteiger partial charge is 0.262 e. The van der Waals surface area contributed by atoms with Crippen LogP contribution < -0.4 is 4.72 Å². The molecular formula is C16H13ClN2O3S. The Kier molecular flexibility index (Phi) is 4.11. The summed E-state index contributed by atoms with van der Waals surface area (Å²) in [7, 11) is -3.73. The summed E-state index contributed by atoms with van der Waals surface area (Å²) in [6, 6.07) is 15.0. The van der Waals surface area contributed by atoms with E-state index in [2.05, 4.69) is 9.88 Å². The van der Waals surface area contributed by atoms with Crippen molar-refractivity contribution in [2.45, 2.75) is 11.8 Å². The van der Waals surface area contributed by atoms with Crippen LogP contribution in [0, 0.1) is 6.92 Å². The summed E-state index contributed by atoms with van der Waals surface area (Å²) >= 11 is 5.98. The molecule has 0 radical (unpaired) electrons. The number of halogens is 1. The zero-order valence-electron chi connectivity index (χ0n) is 12.2. The predicted molar refractivity (Wildman–Crippen MR) is 88.9 cm³/mol. The average Bonchev–Trinajstić information content (AvgIpc) is 2.89. The molecule has 1 heterocycles. The molecule has 1 aromatic heterocycles. The summed E-state index contributed by atoms with van der Waals surface area (Å²) in [5.74, 6) is 0.324. The average molecular weight is 349 g/mol. The van der Waals surface area contributed by atoms with E-state index in [4.69, 9.17) is 16.1 Å². The van der Waals surface area contributed by atoms with Crippen molar-refractivity contribution in [3.05, 3.63) is 65.3 Å². The van der Waals surface area contributed by atoms with Crippen LogP contribution >= 0.6 is 11.6 Å². The van der Waals surface area contributed by atoms with Crippen LogP contribution in [0.2, 0.25) is 5.02 Å². The first-order valence-electron chi connectivity index (χ1n) is 6.77. The summed E-state index contributed by atoms with van der Waals surface area (Å²) in [4.78, 5) is 0.164. The second-order valence-electron chi connectivity index (χ2n) is 4.90. The van der Waals surface area contributed by atoms with Gasteiger partial charge in [-0.15, -0.1) is 0 Å². The molecule has 5 nitrogen and oxygen atoms in total. The molecule has 3 rings (SSSR count). The molecule has 1 N–H and O–H groups in total. The lowest BCUT2D eigenvalue weighted by Crippen LogP contribution is -2.13. The van der Waals surface area contributed by atoms with Crippen LogP contribution in [0.4, 0.5) is 5.69 Å². The van der Waals surface area contributed by atoms with E-state index in [0.29, 0.717) is 27.7 Å². The predicted octanol–water partition coefficient (Wildman–Crippen LogP) is 4.10. The van der Waals surface area contributed by atoms with Gasteiger partial charge in [0.1, 0.15) is 11.4 Å². The fourth-order valence-corrected chi connectivity index (χ4v) is 3.44. The highest BCUT2D eigenvalue weighted by Crippen LogP contribution is 2.33. The van der Waals surface area contributed by atoms with Crippen molar-refractivity contribution in [3.63, 3.8) is 0 Å². The second-order valence-corrected chi connectivity index (χ2v) is 7.02. The Hall–Kier alpha value is -2.31. The molecule has 23 heavy (non-hydrogen) atoms. The van der Waals surface area contributed by atoms with Crippen LogP contribution in [-0.2, 0) is 10.0 Å². The Morgan fingerprint density at radius 1 is 1.09 bits per heavy atom. The highest BCUT2D eigenvalue weighted by Gasteiger charge is 2.22. The molecule has 0 amide bonds. The van der Waals surface area contributed by atoms with Gasteiger partial charge in [-0.2, -0.15) is 0 Å². The lowest BCUT2D eigenvalue weighted by molar-refractivity contribution is 0.427. The van der Waals surface area contributed by atoms with Gasteiger partial charge < -0.3 is 4.52 Å². The van der Waals surface area contributed by atoms with Gasteiger partial charge in [0, 0.05) is 10.6 Å². The third-order valence-corrected chi connectivity index (χ3v) is 4.84. The molecule has 0 fully saturated rings. The summed E-state index contributed by atoms with van der Waals surface area (Å²) in [5, 5.41) is 4.38. The highest BCUT2D eigenvalue weighted by atomic mass is 35.5. The fraction of sp³-hybridized carbons (Fsp3) is 0.0625. The van der Waals surface area contributed by atoms with E-state index in [1.807, 2.05) is 0 Å². The lowest BCUT2D eigenvalue weighted by atomic mass is 10.1. The van der Waals surface area contributed by atoms with Gasteiger partial charge in [-0.05, 0) is 31.2 Å². The number of nitrogens with one attached hydrogen (secondary N) is 1. The van der Waals surface area contributed by atoms with E-state index in [9.17, 15) is 8.42 Å². The van der Waals surface area contributed by atoms with Crippen LogP contribution in [-0.4, -0.2) is 13.6 Å². The van der Waals surface area contributed by atoms with Crippen LogP contribution in [0.15, 0.2) is 64.0 Å². The first kappa shape index (κ1) is 15.6. The standard InChI is InChI=1S/C16H13ClN2O3S/c1-11-15(19-23(20,21)14-8-3-2-4-9-14)16(22-18-11)12-6-5-7-13(17)10-12/h2-10,19H,1H3. The number of benzene rings is 2. The molecule has 118 valence electrons. The van der Waals surface area contributed by atoms with Crippen molar-refractivity contribution >= 4 is 27.3 Å². The van der Waals surface area contributed by atoms with Crippen LogP contribution in [0.25, 0.3) is 11.3 Å². The number of hydrogen-bond donors (Lipinski definition) is 1. The van der Waals surface area contributed by atoms with Gasteiger partial charge in [-0.25, -0.2) is 8.42 Å². The molecule has 0 saturated heterocycles. The third-order valence-electron chi connectivity index (χ3n) is 3.24. The van der Waals surface area contributed by atoms with Gasteiger partial charge in [-0.3, -0.25) is 4.72 Å². The number of rotatable bonds is 4. The van der Waals surface area contributed by atoms with Gasteiger partial charge in [-0.1, -0.05) is 47.1 Å². The molecule has 0 unspecified atom stereocenters. The molecule has 3 aromatic rings. The van der Waals surface area contributed by atoms with Crippen molar-refractivity contribution in [2.24, 2.45) is 0 Å². The van der Waals surface area contributed by atoms with Crippen LogP contribution in [0.1, 0.15) is 5.69 Å². The molecule has 2 aromatic carbocycles. The van der Waals surface area contributed by atoms with E-state index >= 15 is 0 Å². The number of aryl methyl sites for hydroxylation is 1. The maximum atomic E-state index is 12.5. The summed E-state index contributed by atoms with van der Waals surface area (Å²) in [5.41, 5.74) is 1.39. The van der Waals surface area contributed by atoms with E-state index in [0.717, 1.165) is 0 Å². The minimum Gasteiger partial charge on any atom is -0.354 e. The Labute approximate surface area is 138 Å². The minimum atomic E-state index is -3.73. The number of nitrogens with zero attached hydrogens (tertiary/aromatic N) is 1.